The second kappa shape index (κ2) is 3.34. The van der Waals surface area contributed by atoms with Crippen LogP contribution in [0.2, 0.25) is 0 Å². The van der Waals surface area contributed by atoms with Crippen molar-refractivity contribution in [1.29, 1.82) is 0 Å². The van der Waals surface area contributed by atoms with Crippen LogP contribution in [-0.2, 0) is 9.47 Å². The second-order valence-corrected chi connectivity index (χ2v) is 6.11. The van der Waals surface area contributed by atoms with Gasteiger partial charge < -0.3 is 14.6 Å². The highest BCUT2D eigenvalue weighted by atomic mass is 32.2. The van der Waals surface area contributed by atoms with Crippen LogP contribution in [0.25, 0.3) is 0 Å². The van der Waals surface area contributed by atoms with Gasteiger partial charge in [-0.05, 0) is 13.8 Å². The molecule has 5 heteroatoms. The van der Waals surface area contributed by atoms with E-state index in [-0.39, 0.29) is 12.2 Å². The first-order valence-corrected chi connectivity index (χ1v) is 6.51. The topological polar surface area (TPSA) is 41.9 Å². The van der Waals surface area contributed by atoms with Crippen LogP contribution in [0.3, 0.4) is 0 Å². The number of aliphatic hydroxyl groups excluding tert-OH is 1. The highest BCUT2D eigenvalue weighted by Crippen LogP contribution is 2.42. The molecule has 3 aliphatic heterocycles. The predicted octanol–water partition coefficient (Wildman–Crippen LogP) is 0.256. The summed E-state index contributed by atoms with van der Waals surface area (Å²) in [7, 11) is 0. The molecule has 0 amide bonds. The summed E-state index contributed by atoms with van der Waals surface area (Å²) in [5.74, 6) is 0.583. The van der Waals surface area contributed by atoms with Gasteiger partial charge in [0, 0.05) is 18.8 Å². The molecule has 3 heterocycles. The van der Waals surface area contributed by atoms with Gasteiger partial charge in [0.2, 0.25) is 0 Å². The summed E-state index contributed by atoms with van der Waals surface area (Å²) < 4.78 is 11.7. The molecule has 0 radical (unpaired) electrons. The number of hydrogen-bond acceptors (Lipinski definition) is 5. The van der Waals surface area contributed by atoms with Gasteiger partial charge in [0.1, 0.15) is 12.2 Å². The van der Waals surface area contributed by atoms with E-state index >= 15 is 0 Å². The van der Waals surface area contributed by atoms with Crippen molar-refractivity contribution in [3.05, 3.63) is 0 Å². The van der Waals surface area contributed by atoms with Gasteiger partial charge in [0.15, 0.2) is 5.79 Å². The van der Waals surface area contributed by atoms with Crippen molar-refractivity contribution >= 4 is 11.8 Å². The number of hydrogen-bond donors (Lipinski definition) is 1. The molecule has 86 valence electrons. The molecule has 15 heavy (non-hydrogen) atoms. The van der Waals surface area contributed by atoms with Gasteiger partial charge >= 0.3 is 0 Å². The number of nitrogens with zero attached hydrogens (tertiary/aromatic N) is 1. The second-order valence-electron chi connectivity index (χ2n) is 4.89. The van der Waals surface area contributed by atoms with Gasteiger partial charge in [-0.25, -0.2) is 0 Å². The number of aliphatic hydroxyl groups is 1. The monoisotopic (exact) mass is 231 g/mol. The van der Waals surface area contributed by atoms with Crippen molar-refractivity contribution in [2.24, 2.45) is 0 Å². The number of rotatable bonds is 0. The molecular weight excluding hydrogens is 214 g/mol. The average molecular weight is 231 g/mol. The number of fused-ring (bicyclic) bond motifs is 3. The maximum absolute atomic E-state index is 10.0. The molecule has 3 aliphatic rings. The lowest BCUT2D eigenvalue weighted by Gasteiger charge is -2.38. The van der Waals surface area contributed by atoms with E-state index < -0.39 is 11.9 Å². The number of piperidine rings is 1. The molecule has 0 aliphatic carbocycles. The largest absolute Gasteiger partial charge is 0.389 e. The van der Waals surface area contributed by atoms with Crippen LogP contribution in [0.4, 0.5) is 0 Å². The molecule has 3 rings (SSSR count). The summed E-state index contributed by atoms with van der Waals surface area (Å²) >= 11 is 1.92. The van der Waals surface area contributed by atoms with E-state index in [1.807, 2.05) is 25.6 Å². The lowest BCUT2D eigenvalue weighted by molar-refractivity contribution is -0.152. The van der Waals surface area contributed by atoms with Crippen molar-refractivity contribution in [3.63, 3.8) is 0 Å². The van der Waals surface area contributed by atoms with E-state index in [2.05, 4.69) is 4.90 Å². The Morgan fingerprint density at radius 3 is 2.87 bits per heavy atom. The highest BCUT2D eigenvalue weighted by molar-refractivity contribution is 8.00. The standard InChI is InChI=1S/C10H17NO3S/c1-10(2)13-7-6(12)5-11-3-4-15-9(11)8(7)14-10/h6-9,12H,3-5H2,1-2H3/t6-,7+,8+,9-/m1/s1. The van der Waals surface area contributed by atoms with Crippen molar-refractivity contribution in [2.45, 2.75) is 43.3 Å². The van der Waals surface area contributed by atoms with Gasteiger partial charge in [-0.15, -0.1) is 11.8 Å². The zero-order chi connectivity index (χ0) is 10.6. The van der Waals surface area contributed by atoms with Crippen LogP contribution < -0.4 is 0 Å². The molecule has 4 nitrogen and oxygen atoms in total. The summed E-state index contributed by atoms with van der Waals surface area (Å²) in [5, 5.41) is 10.4. The molecule has 3 saturated heterocycles. The Morgan fingerprint density at radius 1 is 1.33 bits per heavy atom. The van der Waals surface area contributed by atoms with Crippen LogP contribution in [-0.4, -0.2) is 58.3 Å². The van der Waals surface area contributed by atoms with Gasteiger partial charge in [0.25, 0.3) is 0 Å². The first-order chi connectivity index (χ1) is 7.07. The van der Waals surface area contributed by atoms with Crippen LogP contribution >= 0.6 is 11.8 Å². The Bertz CT molecular complexity index is 273. The van der Waals surface area contributed by atoms with E-state index in [0.717, 1.165) is 18.8 Å². The van der Waals surface area contributed by atoms with Gasteiger partial charge in [-0.1, -0.05) is 0 Å². The predicted molar refractivity (Wildman–Crippen MR) is 57.7 cm³/mol. The van der Waals surface area contributed by atoms with Gasteiger partial charge in [-0.2, -0.15) is 0 Å². The van der Waals surface area contributed by atoms with Crippen LogP contribution in [0.1, 0.15) is 13.8 Å². The normalized spacial score (nSPS) is 49.0. The van der Waals surface area contributed by atoms with Crippen LogP contribution in [0.15, 0.2) is 0 Å². The summed E-state index contributed by atoms with van der Waals surface area (Å²) in [6.45, 7) is 5.61. The minimum Gasteiger partial charge on any atom is -0.389 e. The highest BCUT2D eigenvalue weighted by Gasteiger charge is 2.54. The van der Waals surface area contributed by atoms with Crippen molar-refractivity contribution in [2.75, 3.05) is 18.8 Å². The molecule has 0 aromatic rings. The van der Waals surface area contributed by atoms with E-state index in [4.69, 9.17) is 9.47 Å². The zero-order valence-electron chi connectivity index (χ0n) is 9.05. The molecule has 0 unspecified atom stereocenters. The first kappa shape index (κ1) is 10.4. The van der Waals surface area contributed by atoms with Crippen molar-refractivity contribution in [3.8, 4) is 0 Å². The minimum absolute atomic E-state index is 0.0243. The molecule has 0 aromatic heterocycles. The fraction of sp³-hybridized carbons (Fsp3) is 1.00. The molecule has 4 atom stereocenters. The third-order valence-electron chi connectivity index (χ3n) is 3.27. The molecule has 0 spiro atoms. The zero-order valence-corrected chi connectivity index (χ0v) is 9.87. The van der Waals surface area contributed by atoms with E-state index in [0.29, 0.717) is 5.37 Å². The Kier molecular flexibility index (Phi) is 2.30. The Labute approximate surface area is 93.9 Å². The van der Waals surface area contributed by atoms with Crippen molar-refractivity contribution in [1.82, 2.24) is 4.90 Å². The maximum atomic E-state index is 10.0. The summed E-state index contributed by atoms with van der Waals surface area (Å²) in [6, 6.07) is 0. The maximum Gasteiger partial charge on any atom is 0.164 e. The minimum atomic E-state index is -0.546. The fourth-order valence-electron chi connectivity index (χ4n) is 2.70. The molecule has 0 saturated carbocycles. The smallest absolute Gasteiger partial charge is 0.164 e. The molecule has 0 bridgehead atoms. The average Bonchev–Trinajstić information content (AvgIpc) is 2.67. The van der Waals surface area contributed by atoms with Crippen molar-refractivity contribution < 1.29 is 14.6 Å². The first-order valence-electron chi connectivity index (χ1n) is 5.46. The SMILES string of the molecule is CC1(C)O[C@@H]2[C@H](O1)[C@H]1SCCN1C[C@H]2O. The summed E-state index contributed by atoms with van der Waals surface area (Å²) in [4.78, 5) is 2.31. The van der Waals surface area contributed by atoms with E-state index in [1.54, 1.807) is 0 Å². The molecule has 3 fully saturated rings. The van der Waals surface area contributed by atoms with Crippen LogP contribution in [0, 0.1) is 0 Å². The summed E-state index contributed by atoms with van der Waals surface area (Å²) in [5.41, 5.74) is 0. The van der Waals surface area contributed by atoms with Gasteiger partial charge in [0.05, 0.1) is 11.5 Å². The molecule has 1 N–H and O–H groups in total. The summed E-state index contributed by atoms with van der Waals surface area (Å²) in [6.07, 6.45) is -0.533. The number of ether oxygens (including phenoxy) is 2. The Morgan fingerprint density at radius 2 is 2.07 bits per heavy atom. The van der Waals surface area contributed by atoms with E-state index in [9.17, 15) is 5.11 Å². The Hall–Kier alpha value is 0.190. The van der Waals surface area contributed by atoms with E-state index in [1.165, 1.54) is 0 Å². The quantitative estimate of drug-likeness (QED) is 0.647. The van der Waals surface area contributed by atoms with Crippen LogP contribution in [0.5, 0.6) is 0 Å². The van der Waals surface area contributed by atoms with Gasteiger partial charge in [-0.3, -0.25) is 4.90 Å². The molecular formula is C10H17NO3S. The lowest BCUT2D eigenvalue weighted by atomic mass is 10.0. The third kappa shape index (κ3) is 1.61. The molecule has 0 aromatic carbocycles. The Balaban J connectivity index is 1.85. The third-order valence-corrected chi connectivity index (χ3v) is 4.60. The number of thioether (sulfide) groups is 1. The lowest BCUT2D eigenvalue weighted by Crippen LogP contribution is -2.56. The fourth-order valence-corrected chi connectivity index (χ4v) is 4.08.